The second-order valence-corrected chi connectivity index (χ2v) is 24.3. The first-order valence-corrected chi connectivity index (χ1v) is 29.7. The molecular weight excluding hydrogens is 1100 g/mol. The van der Waals surface area contributed by atoms with Gasteiger partial charge in [0.2, 0.25) is 12.4 Å². The fourth-order valence-corrected chi connectivity index (χ4v) is 9.08. The Morgan fingerprint density at radius 2 is 0.750 bits per heavy atom. The predicted octanol–water partition coefficient (Wildman–Crippen LogP) is 8.03. The molecular formula is C61H58N6O16Si. The van der Waals surface area contributed by atoms with Crippen molar-refractivity contribution in [1.82, 2.24) is 29.2 Å². The maximum atomic E-state index is 13.0. The number of hydrogen-bond donors (Lipinski definition) is 0. The Kier molecular flexibility index (Phi) is 20.9. The lowest BCUT2D eigenvalue weighted by molar-refractivity contribution is -0.188. The molecule has 2 fully saturated rings. The summed E-state index contributed by atoms with van der Waals surface area (Å²) < 4.78 is 54.3. The van der Waals surface area contributed by atoms with Crippen LogP contribution in [0.1, 0.15) is 75.3 Å². The summed E-state index contributed by atoms with van der Waals surface area (Å²) in [7, 11) is -1.24. The van der Waals surface area contributed by atoms with E-state index in [1.807, 2.05) is 4.35 Å². The van der Waals surface area contributed by atoms with Crippen LogP contribution < -0.4 is 0 Å². The molecule has 0 spiro atoms. The molecule has 2 saturated heterocycles. The fraction of sp³-hybridized carbons (Fsp3) is 0.230. The predicted molar refractivity (Wildman–Crippen MR) is 299 cm³/mol. The Morgan fingerprint density at radius 1 is 0.417 bits per heavy atom. The van der Waals surface area contributed by atoms with Gasteiger partial charge in [0.1, 0.15) is 50.7 Å². The number of ether oxygens (including phenoxy) is 9. The number of aromatic nitrogens is 6. The van der Waals surface area contributed by atoms with Crippen LogP contribution >= 0.6 is 0 Å². The highest BCUT2D eigenvalue weighted by molar-refractivity contribution is 6.74. The highest BCUT2D eigenvalue weighted by Crippen LogP contribution is 2.35. The maximum absolute atomic E-state index is 13.0. The van der Waals surface area contributed by atoms with E-state index in [0.29, 0.717) is 22.3 Å². The molecule has 432 valence electrons. The van der Waals surface area contributed by atoms with Gasteiger partial charge in [0, 0.05) is 6.92 Å². The first-order chi connectivity index (χ1) is 40.6. The topological polar surface area (TPSA) is 264 Å². The Hall–Kier alpha value is -9.97. The molecule has 0 radical (unpaired) electrons. The van der Waals surface area contributed by atoms with Gasteiger partial charge in [0.25, 0.3) is 0 Å². The zero-order chi connectivity index (χ0) is 59.4. The lowest BCUT2D eigenvalue weighted by Crippen LogP contribution is -2.42. The molecule has 0 N–H and O–H groups in total. The average molecular weight is 1160 g/mol. The largest absolute Gasteiger partial charge is 0.459 e. The van der Waals surface area contributed by atoms with Crippen molar-refractivity contribution >= 4 is 50.0 Å². The molecule has 0 aliphatic carbocycles. The van der Waals surface area contributed by atoms with Gasteiger partial charge in [-0.25, -0.2) is 43.4 Å². The van der Waals surface area contributed by atoms with Crippen LogP contribution in [0.5, 0.6) is 0 Å². The van der Waals surface area contributed by atoms with Gasteiger partial charge in [-0.05, 0) is 92.4 Å². The second-order valence-electron chi connectivity index (χ2n) is 19.5. The summed E-state index contributed by atoms with van der Waals surface area (Å²) >= 11 is 0. The van der Waals surface area contributed by atoms with Gasteiger partial charge in [0.05, 0.1) is 33.4 Å². The molecule has 2 aromatic heterocycles. The summed E-state index contributed by atoms with van der Waals surface area (Å²) in [6, 6.07) is 49.8. The van der Waals surface area contributed by atoms with Gasteiger partial charge in [-0.1, -0.05) is 109 Å². The molecule has 2 unspecified atom stereocenters. The van der Waals surface area contributed by atoms with Crippen molar-refractivity contribution in [2.24, 2.45) is 0 Å². The molecule has 2 aliphatic heterocycles. The number of hydrogen-bond acceptors (Lipinski definition) is 20. The molecule has 0 saturated carbocycles. The number of rotatable bonds is 17. The van der Waals surface area contributed by atoms with E-state index in [4.69, 9.17) is 42.6 Å². The minimum absolute atomic E-state index is 0.233. The Bertz CT molecular complexity index is 3400. The van der Waals surface area contributed by atoms with Crippen LogP contribution in [-0.2, 0) is 47.4 Å². The summed E-state index contributed by atoms with van der Waals surface area (Å²) in [5.74, 6) is -4.69. The minimum Gasteiger partial charge on any atom is -0.459 e. The lowest BCUT2D eigenvalue weighted by atomic mass is 10.1. The van der Waals surface area contributed by atoms with Crippen molar-refractivity contribution in [3.05, 3.63) is 241 Å². The van der Waals surface area contributed by atoms with E-state index < -0.39 is 99.2 Å². The zero-order valence-corrected chi connectivity index (χ0v) is 46.9. The van der Waals surface area contributed by atoms with Gasteiger partial charge in [0.15, 0.2) is 32.8 Å². The van der Waals surface area contributed by atoms with Crippen molar-refractivity contribution in [3.8, 4) is 0 Å². The van der Waals surface area contributed by atoms with Crippen molar-refractivity contribution in [3.63, 3.8) is 0 Å². The van der Waals surface area contributed by atoms with Crippen LogP contribution in [0.4, 0.5) is 0 Å². The average Bonchev–Trinajstić information content (AvgIpc) is 4.57. The monoisotopic (exact) mass is 1160 g/mol. The van der Waals surface area contributed by atoms with Crippen LogP contribution in [0.3, 0.4) is 0 Å². The third kappa shape index (κ3) is 16.6. The van der Waals surface area contributed by atoms with Crippen molar-refractivity contribution in [2.75, 3.05) is 13.2 Å². The maximum Gasteiger partial charge on any atom is 0.338 e. The second kappa shape index (κ2) is 29.1. The molecule has 8 atom stereocenters. The van der Waals surface area contributed by atoms with E-state index in [2.05, 4.69) is 39.8 Å². The summed E-state index contributed by atoms with van der Waals surface area (Å²) in [5, 5.41) is 8.17. The first-order valence-electron chi connectivity index (χ1n) is 26.3. The Labute approximate surface area is 483 Å². The van der Waals surface area contributed by atoms with Gasteiger partial charge < -0.3 is 42.6 Å². The molecule has 22 nitrogen and oxygen atoms in total. The highest BCUT2D eigenvalue weighted by Gasteiger charge is 2.53. The highest BCUT2D eigenvalue weighted by atomic mass is 28.3. The number of carbonyl (C=O) groups is 7. The van der Waals surface area contributed by atoms with E-state index in [9.17, 15) is 33.6 Å². The number of esters is 7. The van der Waals surface area contributed by atoms with Gasteiger partial charge >= 0.3 is 41.8 Å². The van der Waals surface area contributed by atoms with Crippen LogP contribution in [0.15, 0.2) is 207 Å². The number of carbonyl (C=O) groups excluding carboxylic acids is 7. The van der Waals surface area contributed by atoms with E-state index in [-0.39, 0.29) is 24.3 Å². The van der Waals surface area contributed by atoms with Gasteiger partial charge in [-0.15, -0.1) is 0 Å². The van der Waals surface area contributed by atoms with E-state index >= 15 is 0 Å². The lowest BCUT2D eigenvalue weighted by Gasteiger charge is -2.24. The molecule has 0 bridgehead atoms. The summed E-state index contributed by atoms with van der Waals surface area (Å²) in [6.07, 6.45) is -3.27. The van der Waals surface area contributed by atoms with Crippen LogP contribution in [0.25, 0.3) is 0 Å². The molecule has 6 aromatic carbocycles. The smallest absolute Gasteiger partial charge is 0.338 e. The minimum atomic E-state index is -1.40. The van der Waals surface area contributed by atoms with Crippen molar-refractivity contribution in [1.29, 1.82) is 0 Å². The molecule has 4 heterocycles. The number of benzene rings is 6. The zero-order valence-electron chi connectivity index (χ0n) is 45.9. The summed E-state index contributed by atoms with van der Waals surface area (Å²) in [4.78, 5) is 96.5. The molecule has 23 heteroatoms. The first kappa shape index (κ1) is 60.1. The molecule has 10 rings (SSSR count). The van der Waals surface area contributed by atoms with Gasteiger partial charge in [-0.2, -0.15) is 10.2 Å². The Morgan fingerprint density at radius 3 is 1.08 bits per heavy atom. The van der Waals surface area contributed by atoms with Crippen LogP contribution in [0, 0.1) is 0 Å². The Balaban J connectivity index is 0.000000191. The fourth-order valence-electron chi connectivity index (χ4n) is 8.27. The van der Waals surface area contributed by atoms with E-state index in [0.717, 1.165) is 6.92 Å². The summed E-state index contributed by atoms with van der Waals surface area (Å²) in [5.41, 5.74) is 1.73. The van der Waals surface area contributed by atoms with E-state index in [1.165, 1.54) is 17.3 Å². The standard InChI is InChI=1S/C28H23N3O7.C28H24O9.C5H11N3Si/c32-26(19-10-4-1-5-11-19)35-16-22-23(37-27(33)20-12-6-2-7-13-20)24(25(36-22)31-18-29-17-30-31)38-28(34)21-14-8-3-9-15-21;1-18(29)34-28-24(37-27(32)21-15-9-4-10-16-21)23(36-26(31)20-13-7-3-8-14-20)22(35-28)17-33-25(30)19-11-5-2-6-12-19;1-9(2,3)8-5-6-4-7-8/h1-15,17-18,22-25H,16H2;2-16,22-24,28H,17H2,1H3;4-5H,1-3H3/t22-,23-,24?,25-;22-,23-,24?,28-;/m11./s1. The molecule has 2 aliphatic rings. The summed E-state index contributed by atoms with van der Waals surface area (Å²) in [6.45, 7) is 7.20. The van der Waals surface area contributed by atoms with Crippen LogP contribution in [0.2, 0.25) is 19.6 Å². The SMILES string of the molecule is CC(=O)O[C@@H]1O[C@H](COC(=O)c2ccccc2)[C@@H](OC(=O)c2ccccc2)C1OC(=O)c1ccccc1.C[Si](C)(C)n1cncn1.O=C(OC[C@H]1O[C@@H](n2cncn2)C(OC(=O)c2ccccc2)[C@@H]1OC(=O)c1ccccc1)c1ccccc1. The third-order valence-corrected chi connectivity index (χ3v) is 14.0. The van der Waals surface area contributed by atoms with Crippen molar-refractivity contribution < 1.29 is 76.2 Å². The van der Waals surface area contributed by atoms with Gasteiger partial charge in [-0.3, -0.25) is 9.14 Å². The molecule has 0 amide bonds. The third-order valence-electron chi connectivity index (χ3n) is 12.4. The molecule has 8 aromatic rings. The van der Waals surface area contributed by atoms with Crippen LogP contribution in [-0.4, -0.2) is 135 Å². The normalized spacial score (nSPS) is 19.5. The quantitative estimate of drug-likeness (QED) is 0.0474. The van der Waals surface area contributed by atoms with E-state index in [1.54, 1.807) is 195 Å². The van der Waals surface area contributed by atoms with Crippen molar-refractivity contribution in [2.45, 2.75) is 75.7 Å². The number of nitrogens with zero attached hydrogens (tertiary/aromatic N) is 6. The molecule has 84 heavy (non-hydrogen) atoms.